The summed E-state index contributed by atoms with van der Waals surface area (Å²) in [5.74, 6) is -0.653. The molecule has 0 saturated carbocycles. The van der Waals surface area contributed by atoms with Crippen molar-refractivity contribution in [2.45, 2.75) is 110 Å². The molecule has 0 atom stereocenters. The van der Waals surface area contributed by atoms with Crippen molar-refractivity contribution >= 4 is 70.6 Å². The van der Waals surface area contributed by atoms with E-state index in [1.165, 1.54) is 148 Å². The maximum absolute atomic E-state index is 10.3. The van der Waals surface area contributed by atoms with Crippen LogP contribution in [0.1, 0.15) is 110 Å². The molecule has 2 nitrogen and oxygen atoms in total. The molecule has 0 amide bonds. The summed E-state index contributed by atoms with van der Waals surface area (Å²) in [5, 5.41) is 25.2. The summed E-state index contributed by atoms with van der Waals surface area (Å²) < 4.78 is 0. The van der Waals surface area contributed by atoms with Gasteiger partial charge in [0.1, 0.15) is 0 Å². The van der Waals surface area contributed by atoms with E-state index >= 15 is 0 Å². The third-order valence-electron chi connectivity index (χ3n) is 9.88. The van der Waals surface area contributed by atoms with Gasteiger partial charge >= 0.3 is 5.97 Å². The number of carbonyl (C=O) groups is 1. The summed E-state index contributed by atoms with van der Waals surface area (Å²) in [6.07, 6.45) is 20.2. The first-order valence-electron chi connectivity index (χ1n) is 17.5. The zero-order valence-corrected chi connectivity index (χ0v) is 26.6. The molecule has 0 aliphatic heterocycles. The third kappa shape index (κ3) is 6.41. The lowest BCUT2D eigenvalue weighted by molar-refractivity contribution is -0.137. The number of carboxylic acid groups (broad SMARTS) is 1. The highest BCUT2D eigenvalue weighted by atomic mass is 16.4. The van der Waals surface area contributed by atoms with Gasteiger partial charge in [-0.25, -0.2) is 0 Å². The lowest BCUT2D eigenvalue weighted by Gasteiger charge is -2.20. The van der Waals surface area contributed by atoms with E-state index in [1.54, 1.807) is 0 Å². The van der Waals surface area contributed by atoms with Gasteiger partial charge in [0.2, 0.25) is 0 Å². The van der Waals surface area contributed by atoms with Crippen molar-refractivity contribution in [1.82, 2.24) is 0 Å². The second kappa shape index (κ2) is 14.4. The van der Waals surface area contributed by atoms with Crippen LogP contribution in [0.25, 0.3) is 64.6 Å². The Kier molecular flexibility index (Phi) is 9.96. The summed E-state index contributed by atoms with van der Waals surface area (Å²) in [7, 11) is 0. The Balaban J connectivity index is 0.000000160. The lowest BCUT2D eigenvalue weighted by atomic mass is 9.83. The first-order chi connectivity index (χ1) is 21.7. The Morgan fingerprint density at radius 3 is 0.795 bits per heavy atom. The van der Waals surface area contributed by atoms with Gasteiger partial charge in [0.05, 0.1) is 0 Å². The van der Waals surface area contributed by atoms with Crippen molar-refractivity contribution in [1.29, 1.82) is 0 Å². The van der Waals surface area contributed by atoms with Crippen LogP contribution in [0, 0.1) is 0 Å². The van der Waals surface area contributed by atoms with Crippen LogP contribution in [0.2, 0.25) is 0 Å². The van der Waals surface area contributed by atoms with Crippen molar-refractivity contribution in [2.75, 3.05) is 0 Å². The van der Waals surface area contributed by atoms with Gasteiger partial charge in [-0.15, -0.1) is 0 Å². The fourth-order valence-electron chi connectivity index (χ4n) is 7.54. The highest BCUT2D eigenvalue weighted by Gasteiger charge is 2.19. The number of hydrogen-bond acceptors (Lipinski definition) is 1. The minimum absolute atomic E-state index is 0.345. The number of benzene rings is 7. The second-order valence-corrected chi connectivity index (χ2v) is 13.1. The molecule has 0 bridgehead atoms. The zero-order valence-electron chi connectivity index (χ0n) is 26.6. The fraction of sp³-hybridized carbons (Fsp3) is 0.405. The number of hydrogen-bond donors (Lipinski definition) is 1. The van der Waals surface area contributed by atoms with Crippen LogP contribution in [-0.2, 0) is 4.79 Å². The van der Waals surface area contributed by atoms with E-state index in [9.17, 15) is 4.79 Å². The van der Waals surface area contributed by atoms with E-state index in [4.69, 9.17) is 5.11 Å². The number of rotatable bonds is 16. The summed E-state index contributed by atoms with van der Waals surface area (Å²) in [6, 6.07) is 27.3. The quantitative estimate of drug-likeness (QED) is 0.0697. The Bertz CT molecular complexity index is 1520. The molecule has 0 aliphatic carbocycles. The monoisotopic (exact) mass is 584 g/mol. The standard InChI is InChI=1S/C24H12.C18H36O2/c1-2-14-5-6-16-9-11-18-12-10-17-8-7-15-4-3-13(1)19-20(14)22(16)24(18)23(17)21(15)19;1-2-3-4-5-6-7-8-9-10-11-12-13-14-15-16-17-18(19)20/h1-12H;2-17H2,1H3,(H,19,20). The van der Waals surface area contributed by atoms with Crippen LogP contribution in [-0.4, -0.2) is 11.1 Å². The molecule has 2 heteroatoms. The van der Waals surface area contributed by atoms with Gasteiger partial charge in [-0.2, -0.15) is 0 Å². The molecule has 7 aromatic carbocycles. The first kappa shape index (κ1) is 30.4. The van der Waals surface area contributed by atoms with Gasteiger partial charge in [0, 0.05) is 6.42 Å². The Morgan fingerprint density at radius 2 is 0.591 bits per heavy atom. The third-order valence-corrected chi connectivity index (χ3v) is 9.88. The summed E-state index contributed by atoms with van der Waals surface area (Å²) in [6.45, 7) is 2.27. The fourth-order valence-corrected chi connectivity index (χ4v) is 7.54. The average Bonchev–Trinajstić information content (AvgIpc) is 3.05. The SMILES string of the molecule is CCCCCCCCCCCCCCCCCC(=O)O.c1cc2ccc3ccc4ccc5ccc6ccc1c1c2c3c4c5c61. The van der Waals surface area contributed by atoms with Gasteiger partial charge < -0.3 is 5.11 Å². The minimum Gasteiger partial charge on any atom is -0.481 e. The van der Waals surface area contributed by atoms with E-state index in [0.29, 0.717) is 6.42 Å². The van der Waals surface area contributed by atoms with Gasteiger partial charge in [0.25, 0.3) is 0 Å². The maximum Gasteiger partial charge on any atom is 0.303 e. The maximum atomic E-state index is 10.3. The van der Waals surface area contributed by atoms with Crippen molar-refractivity contribution in [3.8, 4) is 0 Å². The highest BCUT2D eigenvalue weighted by molar-refractivity contribution is 6.44. The molecule has 0 aliphatic rings. The smallest absolute Gasteiger partial charge is 0.303 e. The second-order valence-electron chi connectivity index (χ2n) is 13.1. The zero-order chi connectivity index (χ0) is 30.3. The molecule has 0 unspecified atom stereocenters. The van der Waals surface area contributed by atoms with Crippen LogP contribution >= 0.6 is 0 Å². The molecule has 228 valence electrons. The highest BCUT2D eigenvalue weighted by Crippen LogP contribution is 2.47. The Morgan fingerprint density at radius 1 is 0.386 bits per heavy atom. The lowest BCUT2D eigenvalue weighted by Crippen LogP contribution is -1.93. The molecule has 0 spiro atoms. The van der Waals surface area contributed by atoms with Crippen molar-refractivity contribution < 1.29 is 9.90 Å². The van der Waals surface area contributed by atoms with Gasteiger partial charge in [-0.1, -0.05) is 170 Å². The molecule has 0 radical (unpaired) electrons. The van der Waals surface area contributed by atoms with Crippen molar-refractivity contribution in [2.24, 2.45) is 0 Å². The number of unbranched alkanes of at least 4 members (excludes halogenated alkanes) is 14. The normalized spacial score (nSPS) is 12.0. The molecule has 0 heterocycles. The van der Waals surface area contributed by atoms with E-state index in [-0.39, 0.29) is 0 Å². The molecule has 44 heavy (non-hydrogen) atoms. The van der Waals surface area contributed by atoms with Crippen LogP contribution in [0.15, 0.2) is 72.8 Å². The summed E-state index contributed by atoms with van der Waals surface area (Å²) in [5.41, 5.74) is 0. The van der Waals surface area contributed by atoms with Crippen molar-refractivity contribution in [3.05, 3.63) is 72.8 Å². The average molecular weight is 585 g/mol. The predicted molar refractivity (Wildman–Crippen MR) is 192 cm³/mol. The van der Waals surface area contributed by atoms with Gasteiger partial charge in [-0.05, 0) is 71.1 Å². The molecule has 0 saturated heterocycles. The first-order valence-corrected chi connectivity index (χ1v) is 17.5. The molecular weight excluding hydrogens is 536 g/mol. The largest absolute Gasteiger partial charge is 0.481 e. The van der Waals surface area contributed by atoms with Gasteiger partial charge in [0.15, 0.2) is 0 Å². The topological polar surface area (TPSA) is 37.3 Å². The summed E-state index contributed by atoms with van der Waals surface area (Å²) in [4.78, 5) is 10.3. The number of carboxylic acids is 1. The van der Waals surface area contributed by atoms with Crippen LogP contribution in [0.5, 0.6) is 0 Å². The van der Waals surface area contributed by atoms with Crippen LogP contribution in [0.4, 0.5) is 0 Å². The van der Waals surface area contributed by atoms with E-state index in [1.807, 2.05) is 0 Å². The molecule has 7 aromatic rings. The molecule has 0 fully saturated rings. The Hall–Kier alpha value is -3.65. The molecule has 1 N–H and O–H groups in total. The molecule has 7 rings (SSSR count). The summed E-state index contributed by atoms with van der Waals surface area (Å²) >= 11 is 0. The van der Waals surface area contributed by atoms with Crippen molar-refractivity contribution in [3.63, 3.8) is 0 Å². The molecular formula is C42H48O2. The minimum atomic E-state index is -0.653. The number of aliphatic carboxylic acids is 1. The van der Waals surface area contributed by atoms with Crippen LogP contribution < -0.4 is 0 Å². The Labute approximate surface area is 262 Å². The predicted octanol–water partition coefficient (Wildman–Crippen LogP) is 13.3. The van der Waals surface area contributed by atoms with E-state index in [2.05, 4.69) is 79.7 Å². The molecule has 0 aromatic heterocycles. The van der Waals surface area contributed by atoms with Crippen LogP contribution in [0.3, 0.4) is 0 Å². The van der Waals surface area contributed by atoms with E-state index in [0.717, 1.165) is 12.8 Å². The van der Waals surface area contributed by atoms with E-state index < -0.39 is 5.97 Å². The van der Waals surface area contributed by atoms with Gasteiger partial charge in [-0.3, -0.25) is 4.79 Å².